The molecule has 0 saturated heterocycles. The van der Waals surface area contributed by atoms with E-state index in [0.717, 1.165) is 4.57 Å². The van der Waals surface area contributed by atoms with Crippen LogP contribution in [0.2, 0.25) is 0 Å². The second kappa shape index (κ2) is 4.34. The van der Waals surface area contributed by atoms with Crippen molar-refractivity contribution >= 4 is 18.8 Å². The van der Waals surface area contributed by atoms with Crippen LogP contribution < -0.4 is 11.2 Å². The highest BCUT2D eigenvalue weighted by Gasteiger charge is 2.19. The molecule has 0 aromatic carbocycles. The topological polar surface area (TPSA) is 140 Å². The van der Waals surface area contributed by atoms with Gasteiger partial charge >= 0.3 is 18.8 Å². The summed E-state index contributed by atoms with van der Waals surface area (Å²) in [4.78, 5) is 44.8. The number of fused-ring (bicyclic) bond motifs is 1. The predicted molar refractivity (Wildman–Crippen MR) is 63.3 cm³/mol. The lowest BCUT2D eigenvalue weighted by Crippen LogP contribution is -2.39. The monoisotopic (exact) mass is 290 g/mol. The van der Waals surface area contributed by atoms with Gasteiger partial charge in [-0.1, -0.05) is 4.73 Å². The molecule has 2 aromatic heterocycles. The molecule has 0 atom stereocenters. The van der Waals surface area contributed by atoms with Crippen molar-refractivity contribution in [1.29, 1.82) is 0 Å². The zero-order valence-electron chi connectivity index (χ0n) is 9.79. The van der Waals surface area contributed by atoms with Gasteiger partial charge in [0.25, 0.3) is 0 Å². The minimum absolute atomic E-state index is 0.0312. The summed E-state index contributed by atoms with van der Waals surface area (Å²) in [6, 6.07) is 0. The normalized spacial score (nSPS) is 12.2. The van der Waals surface area contributed by atoms with Crippen LogP contribution in [0.5, 0.6) is 0 Å². The smallest absolute Gasteiger partial charge is 0.366 e. The first-order chi connectivity index (χ1) is 8.72. The van der Waals surface area contributed by atoms with E-state index < -0.39 is 25.0 Å². The van der Waals surface area contributed by atoms with Crippen LogP contribution in [0.3, 0.4) is 0 Å². The number of aromatic nitrogens is 4. The maximum absolute atomic E-state index is 11.7. The van der Waals surface area contributed by atoms with Crippen LogP contribution in [0.4, 0.5) is 0 Å². The Morgan fingerprint density at radius 1 is 1.37 bits per heavy atom. The molecule has 2 aromatic rings. The van der Waals surface area contributed by atoms with Crippen molar-refractivity contribution in [3.05, 3.63) is 27.2 Å². The van der Waals surface area contributed by atoms with Gasteiger partial charge in [-0.2, -0.15) is 0 Å². The molecule has 10 nitrogen and oxygen atoms in total. The fourth-order valence-electron chi connectivity index (χ4n) is 1.69. The van der Waals surface area contributed by atoms with Crippen LogP contribution >= 0.6 is 7.60 Å². The van der Waals surface area contributed by atoms with Gasteiger partial charge in [0.1, 0.15) is 0 Å². The van der Waals surface area contributed by atoms with E-state index in [1.165, 1.54) is 17.9 Å². The summed E-state index contributed by atoms with van der Waals surface area (Å²) in [7, 11) is -2.82. The Hall–Kier alpha value is -1.90. The Kier molecular flexibility index (Phi) is 3.09. The molecule has 104 valence electrons. The van der Waals surface area contributed by atoms with Crippen molar-refractivity contribution in [2.24, 2.45) is 7.05 Å². The maximum Gasteiger partial charge on any atom is 0.366 e. The summed E-state index contributed by atoms with van der Waals surface area (Å²) >= 11 is 0. The first kappa shape index (κ1) is 13.5. The van der Waals surface area contributed by atoms with Gasteiger partial charge < -0.3 is 19.6 Å². The SMILES string of the molecule is Cn1cnc2c1c(=O)n(O)c(=O)n2CCP(=O)(O)O. The quantitative estimate of drug-likeness (QED) is 0.452. The molecule has 0 unspecified atom stereocenters. The number of rotatable bonds is 3. The third-order valence-corrected chi connectivity index (χ3v) is 3.38. The van der Waals surface area contributed by atoms with E-state index >= 15 is 0 Å². The number of aryl methyl sites for hydroxylation is 2. The minimum Gasteiger partial charge on any atom is -0.421 e. The molecule has 3 N–H and O–H groups in total. The van der Waals surface area contributed by atoms with E-state index in [-0.39, 0.29) is 22.4 Å². The molecule has 0 saturated carbocycles. The van der Waals surface area contributed by atoms with Crippen molar-refractivity contribution in [2.45, 2.75) is 6.54 Å². The number of nitrogens with zero attached hydrogens (tertiary/aromatic N) is 4. The third-order valence-electron chi connectivity index (χ3n) is 2.60. The lowest BCUT2D eigenvalue weighted by Gasteiger charge is -2.08. The van der Waals surface area contributed by atoms with Gasteiger partial charge in [-0.05, 0) is 0 Å². The van der Waals surface area contributed by atoms with Crippen LogP contribution in [-0.2, 0) is 18.2 Å². The van der Waals surface area contributed by atoms with Crippen LogP contribution in [0.25, 0.3) is 11.2 Å². The molecule has 11 heteroatoms. The predicted octanol–water partition coefficient (Wildman–Crippen LogP) is -1.69. The first-order valence-corrected chi connectivity index (χ1v) is 6.93. The van der Waals surface area contributed by atoms with Gasteiger partial charge in [0.2, 0.25) is 0 Å². The van der Waals surface area contributed by atoms with Gasteiger partial charge in [-0.3, -0.25) is 13.9 Å². The average molecular weight is 290 g/mol. The Morgan fingerprint density at radius 3 is 2.58 bits per heavy atom. The zero-order chi connectivity index (χ0) is 14.4. The van der Waals surface area contributed by atoms with Crippen LogP contribution in [0, 0.1) is 0 Å². The van der Waals surface area contributed by atoms with Crippen molar-refractivity contribution < 1.29 is 19.6 Å². The van der Waals surface area contributed by atoms with Crippen LogP contribution in [0.15, 0.2) is 15.9 Å². The molecule has 0 radical (unpaired) electrons. The zero-order valence-corrected chi connectivity index (χ0v) is 10.7. The molecule has 0 aliphatic heterocycles. The van der Waals surface area contributed by atoms with E-state index in [4.69, 9.17) is 9.79 Å². The second-order valence-corrected chi connectivity index (χ2v) is 5.74. The molecule has 0 amide bonds. The minimum atomic E-state index is -4.31. The Morgan fingerprint density at radius 2 is 2.00 bits per heavy atom. The standard InChI is InChI=1S/C8H11N4O6P/c1-10-4-9-6-5(10)7(13)12(15)8(14)11(6)2-3-19(16,17)18/h4,15H,2-3H2,1H3,(H2,16,17,18). The molecular weight excluding hydrogens is 279 g/mol. The maximum atomic E-state index is 11.7. The van der Waals surface area contributed by atoms with E-state index in [0.29, 0.717) is 0 Å². The summed E-state index contributed by atoms with van der Waals surface area (Å²) in [6.45, 7) is -0.364. The highest BCUT2D eigenvalue weighted by atomic mass is 31.2. The fraction of sp³-hybridized carbons (Fsp3) is 0.375. The molecule has 19 heavy (non-hydrogen) atoms. The highest BCUT2D eigenvalue weighted by Crippen LogP contribution is 2.33. The molecule has 0 fully saturated rings. The summed E-state index contributed by atoms with van der Waals surface area (Å²) in [5, 5.41) is 9.39. The van der Waals surface area contributed by atoms with E-state index in [2.05, 4.69) is 4.98 Å². The Bertz CT molecular complexity index is 796. The molecule has 0 aliphatic carbocycles. The van der Waals surface area contributed by atoms with Gasteiger partial charge in [-0.25, -0.2) is 9.78 Å². The van der Waals surface area contributed by atoms with Gasteiger partial charge in [0, 0.05) is 13.6 Å². The highest BCUT2D eigenvalue weighted by molar-refractivity contribution is 7.51. The molecule has 0 spiro atoms. The summed E-state index contributed by atoms with van der Waals surface area (Å²) < 4.78 is 12.9. The largest absolute Gasteiger partial charge is 0.421 e. The summed E-state index contributed by atoms with van der Waals surface area (Å²) in [5.74, 6) is 0. The average Bonchev–Trinajstić information content (AvgIpc) is 2.67. The van der Waals surface area contributed by atoms with Gasteiger partial charge in [0.05, 0.1) is 12.5 Å². The van der Waals surface area contributed by atoms with Crippen LogP contribution in [0.1, 0.15) is 0 Å². The van der Waals surface area contributed by atoms with Crippen molar-refractivity contribution in [3.8, 4) is 0 Å². The summed E-state index contributed by atoms with van der Waals surface area (Å²) in [5.41, 5.74) is -2.10. The number of hydrogen-bond donors (Lipinski definition) is 3. The van der Waals surface area contributed by atoms with Crippen molar-refractivity contribution in [3.63, 3.8) is 0 Å². The lowest BCUT2D eigenvalue weighted by atomic mass is 10.5. The van der Waals surface area contributed by atoms with Crippen molar-refractivity contribution in [2.75, 3.05) is 6.16 Å². The number of imidazole rings is 1. The second-order valence-electron chi connectivity index (χ2n) is 3.97. The van der Waals surface area contributed by atoms with Gasteiger partial charge in [0.15, 0.2) is 11.2 Å². The fourth-order valence-corrected chi connectivity index (χ4v) is 2.15. The first-order valence-electron chi connectivity index (χ1n) is 5.13. The molecule has 0 bridgehead atoms. The Balaban J connectivity index is 2.70. The summed E-state index contributed by atoms with van der Waals surface area (Å²) in [6.07, 6.45) is 0.663. The Labute approximate surface area is 105 Å². The van der Waals surface area contributed by atoms with Crippen molar-refractivity contribution in [1.82, 2.24) is 18.8 Å². The molecular formula is C8H11N4O6P. The van der Waals surface area contributed by atoms with E-state index in [9.17, 15) is 19.4 Å². The van der Waals surface area contributed by atoms with E-state index in [1.54, 1.807) is 0 Å². The van der Waals surface area contributed by atoms with E-state index in [1.807, 2.05) is 0 Å². The third kappa shape index (κ3) is 2.33. The molecule has 2 rings (SSSR count). The number of hydrogen-bond acceptors (Lipinski definition) is 5. The van der Waals surface area contributed by atoms with Gasteiger partial charge in [-0.15, -0.1) is 0 Å². The molecule has 2 heterocycles. The molecule has 0 aliphatic rings. The van der Waals surface area contributed by atoms with Crippen LogP contribution in [-0.4, -0.2) is 40.0 Å². The lowest BCUT2D eigenvalue weighted by molar-refractivity contribution is 0.157.